The highest BCUT2D eigenvalue weighted by Crippen LogP contribution is 2.26. The summed E-state index contributed by atoms with van der Waals surface area (Å²) < 4.78 is 13.7. The number of nitrogens with zero attached hydrogens (tertiary/aromatic N) is 1. The number of aliphatic hydroxyl groups is 1. The van der Waals surface area contributed by atoms with E-state index < -0.39 is 17.5 Å². The average molecular weight is 274 g/mol. The van der Waals surface area contributed by atoms with Gasteiger partial charge < -0.3 is 10.8 Å². The number of carbonyl (C=O) groups is 1. The summed E-state index contributed by atoms with van der Waals surface area (Å²) in [4.78, 5) is 15.2. The Morgan fingerprint density at radius 3 is 2.65 bits per heavy atom. The molecule has 0 bridgehead atoms. The van der Waals surface area contributed by atoms with E-state index >= 15 is 0 Å². The molecule has 2 rings (SSSR count). The monoisotopic (exact) mass is 274 g/mol. The number of hydrogen-bond acceptors (Lipinski definition) is 3. The largest absolute Gasteiger partial charge is 0.375 e. The first-order valence-corrected chi connectivity index (χ1v) is 6.12. The molecule has 1 amide bonds. The van der Waals surface area contributed by atoms with Crippen LogP contribution in [0.3, 0.4) is 0 Å². The number of aromatic nitrogens is 1. The molecular formula is C15H15FN2O2. The summed E-state index contributed by atoms with van der Waals surface area (Å²) in [6.45, 7) is 1.75. The Morgan fingerprint density at radius 1 is 1.40 bits per heavy atom. The van der Waals surface area contributed by atoms with Crippen molar-refractivity contribution in [1.29, 1.82) is 0 Å². The van der Waals surface area contributed by atoms with Gasteiger partial charge in [0.2, 0.25) is 5.95 Å². The first-order chi connectivity index (χ1) is 9.43. The summed E-state index contributed by atoms with van der Waals surface area (Å²) in [5.41, 5.74) is 4.56. The van der Waals surface area contributed by atoms with Crippen LogP contribution in [0.15, 0.2) is 42.6 Å². The Kier molecular flexibility index (Phi) is 3.81. The number of rotatable bonds is 4. The number of primary amides is 1. The molecule has 3 N–H and O–H groups in total. The van der Waals surface area contributed by atoms with Crippen LogP contribution in [0.5, 0.6) is 0 Å². The van der Waals surface area contributed by atoms with Crippen molar-refractivity contribution in [3.8, 4) is 0 Å². The number of amides is 1. The first-order valence-electron chi connectivity index (χ1n) is 6.12. The van der Waals surface area contributed by atoms with Gasteiger partial charge in [-0.25, -0.2) is 4.98 Å². The average Bonchev–Trinajstić information content (AvgIpc) is 2.43. The lowest BCUT2D eigenvalue weighted by Gasteiger charge is -2.25. The normalized spacial score (nSPS) is 13.8. The summed E-state index contributed by atoms with van der Waals surface area (Å²) in [7, 11) is 0. The molecule has 0 saturated heterocycles. The molecule has 1 unspecified atom stereocenters. The second kappa shape index (κ2) is 5.38. The van der Waals surface area contributed by atoms with Crippen molar-refractivity contribution in [2.24, 2.45) is 5.73 Å². The molecular weight excluding hydrogens is 259 g/mol. The molecule has 5 heteroatoms. The van der Waals surface area contributed by atoms with Crippen LogP contribution in [0, 0.1) is 12.9 Å². The van der Waals surface area contributed by atoms with E-state index in [1.54, 1.807) is 43.3 Å². The Bertz CT molecular complexity index is 631. The summed E-state index contributed by atoms with van der Waals surface area (Å²) in [6.07, 6.45) is 1.12. The molecule has 0 spiro atoms. The van der Waals surface area contributed by atoms with Gasteiger partial charge in [-0.1, -0.05) is 30.3 Å². The van der Waals surface area contributed by atoms with Crippen LogP contribution >= 0.6 is 0 Å². The number of carbonyl (C=O) groups excluding carboxylic acids is 1. The van der Waals surface area contributed by atoms with E-state index in [0.29, 0.717) is 5.56 Å². The zero-order valence-corrected chi connectivity index (χ0v) is 11.0. The molecule has 0 aliphatic carbocycles. The third-order valence-electron chi connectivity index (χ3n) is 3.15. The molecule has 1 heterocycles. The maximum absolute atomic E-state index is 13.7. The highest BCUT2D eigenvalue weighted by atomic mass is 19.1. The quantitative estimate of drug-likeness (QED) is 0.828. The number of hydrogen-bond donors (Lipinski definition) is 2. The van der Waals surface area contributed by atoms with Crippen molar-refractivity contribution in [3.05, 3.63) is 65.2 Å². The van der Waals surface area contributed by atoms with Crippen molar-refractivity contribution in [2.75, 3.05) is 0 Å². The van der Waals surface area contributed by atoms with E-state index in [4.69, 9.17) is 5.73 Å². The maximum Gasteiger partial charge on any atom is 0.254 e. The topological polar surface area (TPSA) is 76.2 Å². The zero-order valence-electron chi connectivity index (χ0n) is 11.0. The van der Waals surface area contributed by atoms with Gasteiger partial charge in [0.05, 0.1) is 0 Å². The van der Waals surface area contributed by atoms with Crippen LogP contribution in [-0.2, 0) is 16.8 Å². The van der Waals surface area contributed by atoms with Crippen molar-refractivity contribution < 1.29 is 14.3 Å². The van der Waals surface area contributed by atoms with E-state index in [9.17, 15) is 14.3 Å². The minimum absolute atomic E-state index is 0.148. The van der Waals surface area contributed by atoms with Gasteiger partial charge in [0.1, 0.15) is 0 Å². The van der Waals surface area contributed by atoms with Gasteiger partial charge in [0.25, 0.3) is 5.91 Å². The van der Waals surface area contributed by atoms with Gasteiger partial charge in [0.15, 0.2) is 5.60 Å². The standard InChI is InChI=1S/C15H15FN2O2/c1-10-7-11(13(16)18-9-10)8-15(20,14(17)19)12-5-3-2-4-6-12/h2-7,9,20H,8H2,1H3,(H2,17,19). The van der Waals surface area contributed by atoms with E-state index in [0.717, 1.165) is 5.56 Å². The SMILES string of the molecule is Cc1cnc(F)c(CC(O)(C(N)=O)c2ccccc2)c1. The van der Waals surface area contributed by atoms with E-state index in [1.807, 2.05) is 0 Å². The molecule has 1 atom stereocenters. The van der Waals surface area contributed by atoms with Crippen LogP contribution in [0.4, 0.5) is 4.39 Å². The Hall–Kier alpha value is -2.27. The minimum Gasteiger partial charge on any atom is -0.375 e. The van der Waals surface area contributed by atoms with Crippen molar-refractivity contribution >= 4 is 5.91 Å². The predicted molar refractivity (Wildman–Crippen MR) is 72.2 cm³/mol. The zero-order chi connectivity index (χ0) is 14.8. The molecule has 0 saturated carbocycles. The highest BCUT2D eigenvalue weighted by Gasteiger charge is 2.37. The van der Waals surface area contributed by atoms with Gasteiger partial charge >= 0.3 is 0 Å². The Morgan fingerprint density at radius 2 is 2.05 bits per heavy atom. The molecule has 0 aliphatic heterocycles. The number of nitrogens with two attached hydrogens (primary N) is 1. The second-order valence-corrected chi connectivity index (χ2v) is 4.73. The molecule has 0 fully saturated rings. The molecule has 1 aromatic heterocycles. The summed E-state index contributed by atoms with van der Waals surface area (Å²) in [5, 5.41) is 10.6. The van der Waals surface area contributed by atoms with Crippen LogP contribution in [-0.4, -0.2) is 16.0 Å². The molecule has 2 aromatic rings. The van der Waals surface area contributed by atoms with Crippen molar-refractivity contribution in [3.63, 3.8) is 0 Å². The molecule has 0 aliphatic rings. The first kappa shape index (κ1) is 14.1. The predicted octanol–water partition coefficient (Wildman–Crippen LogP) is 1.44. The smallest absolute Gasteiger partial charge is 0.254 e. The van der Waals surface area contributed by atoms with E-state index in [1.165, 1.54) is 6.20 Å². The molecule has 1 aromatic carbocycles. The summed E-state index contributed by atoms with van der Waals surface area (Å²) in [5.74, 6) is -1.64. The number of halogens is 1. The van der Waals surface area contributed by atoms with Crippen LogP contribution in [0.1, 0.15) is 16.7 Å². The summed E-state index contributed by atoms with van der Waals surface area (Å²) >= 11 is 0. The molecule has 0 radical (unpaired) electrons. The fraction of sp³-hybridized carbons (Fsp3) is 0.200. The van der Waals surface area contributed by atoms with Crippen LogP contribution in [0.2, 0.25) is 0 Å². The number of aryl methyl sites for hydroxylation is 1. The van der Waals surface area contributed by atoms with E-state index in [-0.39, 0.29) is 12.0 Å². The van der Waals surface area contributed by atoms with E-state index in [2.05, 4.69) is 4.98 Å². The number of pyridine rings is 1. The van der Waals surface area contributed by atoms with Crippen molar-refractivity contribution in [2.45, 2.75) is 18.9 Å². The molecule has 20 heavy (non-hydrogen) atoms. The van der Waals surface area contributed by atoms with Crippen LogP contribution in [0.25, 0.3) is 0 Å². The fourth-order valence-electron chi connectivity index (χ4n) is 2.06. The van der Waals surface area contributed by atoms with Crippen molar-refractivity contribution in [1.82, 2.24) is 4.98 Å². The third-order valence-corrected chi connectivity index (χ3v) is 3.15. The second-order valence-electron chi connectivity index (χ2n) is 4.73. The lowest BCUT2D eigenvalue weighted by molar-refractivity contribution is -0.137. The van der Waals surface area contributed by atoms with Gasteiger partial charge in [0, 0.05) is 18.2 Å². The molecule has 4 nitrogen and oxygen atoms in total. The summed E-state index contributed by atoms with van der Waals surface area (Å²) in [6, 6.07) is 9.79. The Balaban J connectivity index is 2.45. The lowest BCUT2D eigenvalue weighted by Crippen LogP contribution is -2.43. The van der Waals surface area contributed by atoms with Gasteiger partial charge in [-0.15, -0.1) is 0 Å². The minimum atomic E-state index is -1.96. The molecule has 104 valence electrons. The van der Waals surface area contributed by atoms with Gasteiger partial charge in [-0.2, -0.15) is 4.39 Å². The highest BCUT2D eigenvalue weighted by molar-refractivity contribution is 5.85. The lowest BCUT2D eigenvalue weighted by atomic mass is 9.86. The van der Waals surface area contributed by atoms with Gasteiger partial charge in [-0.05, 0) is 24.1 Å². The van der Waals surface area contributed by atoms with Gasteiger partial charge in [-0.3, -0.25) is 4.79 Å². The third kappa shape index (κ3) is 2.67. The van der Waals surface area contributed by atoms with Crippen LogP contribution < -0.4 is 5.73 Å². The number of benzene rings is 1. The Labute approximate surface area is 116 Å². The fourth-order valence-corrected chi connectivity index (χ4v) is 2.06. The maximum atomic E-state index is 13.7.